The predicted octanol–water partition coefficient (Wildman–Crippen LogP) is 14.1. The van der Waals surface area contributed by atoms with Crippen LogP contribution in [-0.4, -0.2) is 18.2 Å². The van der Waals surface area contributed by atoms with E-state index in [-0.39, 0.29) is 17.0 Å². The Morgan fingerprint density at radius 1 is 0.636 bits per heavy atom. The fraction of sp³-hybridized carbons (Fsp3) is 0.360. The molecule has 1 fully saturated rings. The first-order valence-corrected chi connectivity index (χ1v) is 21.8. The Labute approximate surface area is 337 Å². The first kappa shape index (κ1) is 39.2. The van der Waals surface area contributed by atoms with Crippen molar-refractivity contribution in [3.8, 4) is 16.9 Å². The molecule has 0 heterocycles. The van der Waals surface area contributed by atoms with Crippen molar-refractivity contribution in [2.75, 3.05) is 6.61 Å². The van der Waals surface area contributed by atoms with Crippen LogP contribution in [0.4, 0.5) is 0 Å². The molecule has 0 atom stereocenters. The summed E-state index contributed by atoms with van der Waals surface area (Å²) in [5.74, 6) is 2.40. The molecule has 1 saturated carbocycles. The minimum absolute atomic E-state index is 0.0605. The zero-order chi connectivity index (χ0) is 38.7. The van der Waals surface area contributed by atoms with Crippen molar-refractivity contribution in [2.24, 2.45) is 11.8 Å². The van der Waals surface area contributed by atoms with E-state index in [0.717, 1.165) is 43.4 Å². The molecule has 284 valence electrons. The molecule has 5 heteroatoms. The number of rotatable bonds is 12. The van der Waals surface area contributed by atoms with Crippen LogP contribution in [0.2, 0.25) is 0 Å². The highest BCUT2D eigenvalue weighted by Crippen LogP contribution is 2.42. The molecule has 0 aromatic heterocycles. The number of ether oxygens (including phenoxy) is 1. The summed E-state index contributed by atoms with van der Waals surface area (Å²) in [5.41, 5.74) is 7.89. The highest BCUT2D eigenvalue weighted by Gasteiger charge is 2.34. The molecule has 0 saturated heterocycles. The van der Waals surface area contributed by atoms with Gasteiger partial charge in [0.15, 0.2) is 11.6 Å². The zero-order valence-corrected chi connectivity index (χ0v) is 34.9. The summed E-state index contributed by atoms with van der Waals surface area (Å²) >= 11 is 3.07. The zero-order valence-electron chi connectivity index (χ0n) is 33.3. The van der Waals surface area contributed by atoms with E-state index in [9.17, 15) is 9.59 Å². The fourth-order valence-corrected chi connectivity index (χ4v) is 10.2. The fourth-order valence-electron chi connectivity index (χ4n) is 8.26. The van der Waals surface area contributed by atoms with Crippen LogP contribution in [0.25, 0.3) is 11.1 Å². The van der Waals surface area contributed by atoms with Crippen LogP contribution in [0.3, 0.4) is 0 Å². The highest BCUT2D eigenvalue weighted by atomic mass is 32.2. The lowest BCUT2D eigenvalue weighted by Gasteiger charge is -2.29. The van der Waals surface area contributed by atoms with Crippen LogP contribution in [0.5, 0.6) is 5.75 Å². The van der Waals surface area contributed by atoms with E-state index in [1.54, 1.807) is 12.1 Å². The van der Waals surface area contributed by atoms with Crippen LogP contribution in [-0.2, 0) is 5.41 Å². The van der Waals surface area contributed by atoms with Gasteiger partial charge in [-0.15, -0.1) is 0 Å². The maximum absolute atomic E-state index is 14.2. The van der Waals surface area contributed by atoms with Crippen molar-refractivity contribution in [3.05, 3.63) is 136 Å². The van der Waals surface area contributed by atoms with Gasteiger partial charge in [-0.25, -0.2) is 0 Å². The third kappa shape index (κ3) is 8.84. The molecule has 55 heavy (non-hydrogen) atoms. The number of hydrogen-bond acceptors (Lipinski definition) is 5. The molecule has 0 bridgehead atoms. The Balaban J connectivity index is 1.03. The molecule has 7 rings (SSSR count). The van der Waals surface area contributed by atoms with Gasteiger partial charge in [0.25, 0.3) is 0 Å². The molecular weight excluding hydrogens is 713 g/mol. The lowest BCUT2D eigenvalue weighted by molar-refractivity contribution is 0.0974. The van der Waals surface area contributed by atoms with Crippen molar-refractivity contribution in [2.45, 2.75) is 118 Å². The summed E-state index contributed by atoms with van der Waals surface area (Å²) in [7, 11) is 0. The normalized spacial score (nSPS) is 16.8. The van der Waals surface area contributed by atoms with Crippen LogP contribution >= 0.6 is 23.5 Å². The lowest BCUT2D eigenvalue weighted by Crippen LogP contribution is -2.22. The molecule has 0 aliphatic heterocycles. The Bertz CT molecular complexity index is 2140. The van der Waals surface area contributed by atoms with Crippen molar-refractivity contribution >= 4 is 35.1 Å². The predicted molar refractivity (Wildman–Crippen MR) is 230 cm³/mol. The van der Waals surface area contributed by atoms with Crippen molar-refractivity contribution in [3.63, 3.8) is 0 Å². The number of carbonyl (C=O) groups is 2. The van der Waals surface area contributed by atoms with Crippen molar-refractivity contribution in [1.82, 2.24) is 0 Å². The first-order chi connectivity index (χ1) is 26.5. The van der Waals surface area contributed by atoms with Gasteiger partial charge in [-0.1, -0.05) is 138 Å². The first-order valence-electron chi connectivity index (χ1n) is 20.2. The molecule has 5 aromatic rings. The second-order valence-electron chi connectivity index (χ2n) is 16.7. The van der Waals surface area contributed by atoms with Crippen LogP contribution < -0.4 is 4.74 Å². The van der Waals surface area contributed by atoms with Crippen LogP contribution in [0.1, 0.15) is 128 Å². The number of carbonyl (C=O) groups excluding carboxylic acids is 2. The third-order valence-electron chi connectivity index (χ3n) is 11.5. The van der Waals surface area contributed by atoms with Crippen LogP contribution in [0.15, 0.2) is 117 Å². The van der Waals surface area contributed by atoms with Crippen molar-refractivity contribution in [1.29, 1.82) is 0 Å². The average Bonchev–Trinajstić information content (AvgIpc) is 3.17. The highest BCUT2D eigenvalue weighted by molar-refractivity contribution is 7.99. The van der Waals surface area contributed by atoms with E-state index in [0.29, 0.717) is 28.2 Å². The third-order valence-corrected chi connectivity index (χ3v) is 13.6. The van der Waals surface area contributed by atoms with E-state index < -0.39 is 0 Å². The molecule has 5 aromatic carbocycles. The van der Waals surface area contributed by atoms with Gasteiger partial charge in [-0.2, -0.15) is 0 Å². The van der Waals surface area contributed by atoms with Crippen LogP contribution in [0, 0.1) is 25.7 Å². The minimum Gasteiger partial charge on any atom is -0.493 e. The Hall–Kier alpha value is -4.06. The van der Waals surface area contributed by atoms with E-state index in [2.05, 4.69) is 102 Å². The van der Waals surface area contributed by atoms with Gasteiger partial charge in [-0.3, -0.25) is 9.59 Å². The van der Waals surface area contributed by atoms with Gasteiger partial charge in [0.05, 0.1) is 6.61 Å². The molecule has 2 aliphatic rings. The quantitative estimate of drug-likeness (QED) is 0.116. The van der Waals surface area contributed by atoms with Crippen molar-refractivity contribution < 1.29 is 14.3 Å². The largest absolute Gasteiger partial charge is 0.493 e. The maximum Gasteiger partial charge on any atom is 0.195 e. The number of ketones is 2. The van der Waals surface area contributed by atoms with E-state index in [1.165, 1.54) is 97.1 Å². The Morgan fingerprint density at radius 3 is 1.65 bits per heavy atom. The summed E-state index contributed by atoms with van der Waals surface area (Å²) in [6, 6.07) is 32.7. The van der Waals surface area contributed by atoms with E-state index in [4.69, 9.17) is 4.74 Å². The summed E-state index contributed by atoms with van der Waals surface area (Å²) in [6.07, 6.45) is 10.7. The Morgan fingerprint density at radius 2 is 1.15 bits per heavy atom. The van der Waals surface area contributed by atoms with Gasteiger partial charge in [0.1, 0.15) is 5.75 Å². The summed E-state index contributed by atoms with van der Waals surface area (Å²) in [5, 5.41) is 0. The Kier molecular flexibility index (Phi) is 12.1. The van der Waals surface area contributed by atoms with E-state index in [1.807, 2.05) is 24.3 Å². The van der Waals surface area contributed by atoms with Gasteiger partial charge >= 0.3 is 0 Å². The number of hydrogen-bond donors (Lipinski definition) is 0. The van der Waals surface area contributed by atoms with Gasteiger partial charge in [0.2, 0.25) is 0 Å². The van der Waals surface area contributed by atoms with Gasteiger partial charge in [-0.05, 0) is 120 Å². The molecule has 0 spiro atoms. The lowest BCUT2D eigenvalue weighted by atomic mass is 9.80. The molecule has 3 nitrogen and oxygen atoms in total. The van der Waals surface area contributed by atoms with Gasteiger partial charge in [0, 0.05) is 41.8 Å². The average molecular weight is 767 g/mol. The summed E-state index contributed by atoms with van der Waals surface area (Å²) in [4.78, 5) is 31.9. The smallest absolute Gasteiger partial charge is 0.195 e. The number of benzene rings is 5. The second kappa shape index (κ2) is 17.0. The monoisotopic (exact) mass is 766 g/mol. The number of fused-ring (bicyclic) bond motifs is 2. The maximum atomic E-state index is 14.2. The molecule has 0 amide bonds. The second-order valence-corrected chi connectivity index (χ2v) is 18.9. The number of unbranched alkanes of at least 4 members (excludes halogenated alkanes) is 2. The SMILES string of the molecule is CCCCCC1CCC(COc2c(C)cc(-c3ccc(Sc4cccc5c4C(=O)c4cccc(Sc6ccc(C(C)(C)C)cc6)c4C5=O)cc3)cc2C)CC1. The molecule has 0 radical (unpaired) electrons. The molecule has 0 unspecified atom stereocenters. The number of aryl methyl sites for hydroxylation is 2. The van der Waals surface area contributed by atoms with E-state index >= 15 is 0 Å². The summed E-state index contributed by atoms with van der Waals surface area (Å²) < 4.78 is 6.49. The summed E-state index contributed by atoms with van der Waals surface area (Å²) in [6.45, 7) is 14.0. The molecule has 2 aliphatic carbocycles. The molecule has 0 N–H and O–H groups in total. The topological polar surface area (TPSA) is 43.4 Å². The minimum atomic E-state index is -0.0989. The van der Waals surface area contributed by atoms with Gasteiger partial charge < -0.3 is 4.74 Å². The standard InChI is InChI=1S/C50H54O3S2/c1-7-8-9-12-34-17-19-35(20-18-34)31-53-49-32(2)29-37(30-33(49)3)36-21-25-39(26-22-36)54-43-15-10-13-41-45(43)47(51)42-14-11-16-44(46(42)48(41)52)55-40-27-23-38(24-28-40)50(4,5)6/h10-11,13-16,21-30,34-35H,7-9,12,17-20,31H2,1-6H3. The molecular formula is C50H54O3S2.